The molecule has 1 aromatic heterocycles. The average Bonchev–Trinajstić information content (AvgIpc) is 3.09. The van der Waals surface area contributed by atoms with Crippen LogP contribution in [-0.2, 0) is 33.6 Å². The number of nitrogens with one attached hydrogen (secondary N) is 2. The Labute approximate surface area is 181 Å². The fourth-order valence-electron chi connectivity index (χ4n) is 3.64. The number of anilines is 1. The highest BCUT2D eigenvalue weighted by atomic mass is 32.1. The lowest BCUT2D eigenvalue weighted by molar-refractivity contribution is -0.124. The molecule has 160 valence electrons. The highest BCUT2D eigenvalue weighted by molar-refractivity contribution is 7.17. The third-order valence-corrected chi connectivity index (χ3v) is 6.47. The number of thiophene rings is 1. The molecular formula is C23H28N2O4S. The molecule has 0 radical (unpaired) electrons. The highest BCUT2D eigenvalue weighted by Gasteiger charge is 2.27. The molecule has 0 aliphatic heterocycles. The first kappa shape index (κ1) is 22.0. The van der Waals surface area contributed by atoms with Gasteiger partial charge >= 0.3 is 5.97 Å². The Morgan fingerprint density at radius 3 is 2.50 bits per heavy atom. The normalized spacial score (nSPS) is 13.8. The summed E-state index contributed by atoms with van der Waals surface area (Å²) in [6.07, 6.45) is 4.71. The molecule has 2 amide bonds. The van der Waals surface area contributed by atoms with Gasteiger partial charge in [-0.1, -0.05) is 31.2 Å². The molecule has 3 rings (SSSR count). The predicted molar refractivity (Wildman–Crippen MR) is 118 cm³/mol. The van der Waals surface area contributed by atoms with E-state index in [1.165, 1.54) is 23.8 Å². The van der Waals surface area contributed by atoms with Crippen LogP contribution < -0.4 is 10.6 Å². The van der Waals surface area contributed by atoms with E-state index in [0.717, 1.165) is 48.1 Å². The third-order valence-electron chi connectivity index (χ3n) is 5.26. The molecule has 0 saturated carbocycles. The Morgan fingerprint density at radius 2 is 1.83 bits per heavy atom. The number of benzene rings is 1. The molecule has 30 heavy (non-hydrogen) atoms. The molecule has 0 saturated heterocycles. The number of hydrogen-bond donors (Lipinski definition) is 2. The monoisotopic (exact) mass is 428 g/mol. The zero-order valence-electron chi connectivity index (χ0n) is 17.7. The first-order valence-corrected chi connectivity index (χ1v) is 11.2. The van der Waals surface area contributed by atoms with Gasteiger partial charge in [-0.15, -0.1) is 11.3 Å². The zero-order valence-corrected chi connectivity index (χ0v) is 18.5. The zero-order chi connectivity index (χ0) is 21.7. The number of fused-ring (bicyclic) bond motifs is 1. The molecule has 1 aromatic carbocycles. The van der Waals surface area contributed by atoms with E-state index in [2.05, 4.69) is 17.6 Å². The standard InChI is InChI=1S/C23H28N2O4S/c1-4-16-9-11-17(12-10-16)14(2)24-20(27)13-29-23(28)21-18-7-5-6-8-19(18)30-22(21)25-15(3)26/h9-12,14H,4-8,13H2,1-3H3,(H,24,27)(H,25,26)/t14-/m0/s1. The summed E-state index contributed by atoms with van der Waals surface area (Å²) in [4.78, 5) is 37.7. The van der Waals surface area contributed by atoms with Crippen LogP contribution in [0.25, 0.3) is 0 Å². The van der Waals surface area contributed by atoms with Crippen LogP contribution in [0.5, 0.6) is 0 Å². The summed E-state index contributed by atoms with van der Waals surface area (Å²) >= 11 is 1.43. The molecule has 0 bridgehead atoms. The summed E-state index contributed by atoms with van der Waals surface area (Å²) in [6, 6.07) is 7.88. The van der Waals surface area contributed by atoms with Crippen molar-refractivity contribution in [3.05, 3.63) is 51.4 Å². The topological polar surface area (TPSA) is 84.5 Å². The van der Waals surface area contributed by atoms with E-state index in [9.17, 15) is 14.4 Å². The number of carbonyl (C=O) groups is 3. The second-order valence-electron chi connectivity index (χ2n) is 7.56. The first-order valence-electron chi connectivity index (χ1n) is 10.4. The van der Waals surface area contributed by atoms with Crippen molar-refractivity contribution in [2.24, 2.45) is 0 Å². The van der Waals surface area contributed by atoms with E-state index >= 15 is 0 Å². The minimum absolute atomic E-state index is 0.189. The molecule has 2 N–H and O–H groups in total. The van der Waals surface area contributed by atoms with Gasteiger partial charge in [0.25, 0.3) is 5.91 Å². The van der Waals surface area contributed by atoms with Crippen molar-refractivity contribution in [3.63, 3.8) is 0 Å². The van der Waals surface area contributed by atoms with Crippen LogP contribution in [0, 0.1) is 0 Å². The van der Waals surface area contributed by atoms with E-state index in [4.69, 9.17) is 4.74 Å². The molecule has 6 nitrogen and oxygen atoms in total. The van der Waals surface area contributed by atoms with Crippen molar-refractivity contribution in [1.29, 1.82) is 0 Å². The molecule has 1 aliphatic carbocycles. The molecular weight excluding hydrogens is 400 g/mol. The number of ether oxygens (including phenoxy) is 1. The maximum absolute atomic E-state index is 12.8. The van der Waals surface area contributed by atoms with Crippen LogP contribution in [0.15, 0.2) is 24.3 Å². The van der Waals surface area contributed by atoms with Crippen molar-refractivity contribution in [2.75, 3.05) is 11.9 Å². The molecule has 1 aliphatic rings. The summed E-state index contributed by atoms with van der Waals surface area (Å²) in [7, 11) is 0. The Hall–Kier alpha value is -2.67. The van der Waals surface area contributed by atoms with Gasteiger partial charge in [-0.3, -0.25) is 9.59 Å². The number of amides is 2. The van der Waals surface area contributed by atoms with Crippen molar-refractivity contribution in [2.45, 2.75) is 58.9 Å². The summed E-state index contributed by atoms with van der Waals surface area (Å²) in [5.41, 5.74) is 3.58. The van der Waals surface area contributed by atoms with Crippen molar-refractivity contribution in [1.82, 2.24) is 5.32 Å². The Kier molecular flexibility index (Phi) is 7.26. The second kappa shape index (κ2) is 9.89. The van der Waals surface area contributed by atoms with Crippen LogP contribution in [-0.4, -0.2) is 24.4 Å². The molecule has 7 heteroatoms. The van der Waals surface area contributed by atoms with Crippen LogP contribution in [0.1, 0.15) is 71.6 Å². The molecule has 0 fully saturated rings. The third kappa shape index (κ3) is 5.27. The number of aryl methyl sites for hydroxylation is 2. The van der Waals surface area contributed by atoms with Crippen LogP contribution >= 0.6 is 11.3 Å². The van der Waals surface area contributed by atoms with Gasteiger partial charge in [-0.25, -0.2) is 4.79 Å². The average molecular weight is 429 g/mol. The van der Waals surface area contributed by atoms with Gasteiger partial charge in [-0.2, -0.15) is 0 Å². The second-order valence-corrected chi connectivity index (χ2v) is 8.66. The van der Waals surface area contributed by atoms with E-state index in [1.54, 1.807) is 0 Å². The lowest BCUT2D eigenvalue weighted by Gasteiger charge is -2.15. The fraction of sp³-hybridized carbons (Fsp3) is 0.435. The van der Waals surface area contributed by atoms with E-state index < -0.39 is 5.97 Å². The van der Waals surface area contributed by atoms with Crippen LogP contribution in [0.2, 0.25) is 0 Å². The largest absolute Gasteiger partial charge is 0.452 e. The van der Waals surface area contributed by atoms with Crippen LogP contribution in [0.3, 0.4) is 0 Å². The van der Waals surface area contributed by atoms with Crippen molar-refractivity contribution in [3.8, 4) is 0 Å². The number of carbonyl (C=O) groups excluding carboxylic acids is 3. The number of esters is 1. The molecule has 1 heterocycles. The minimum atomic E-state index is -0.562. The van der Waals surface area contributed by atoms with Gasteiger partial charge in [0.15, 0.2) is 6.61 Å². The van der Waals surface area contributed by atoms with Crippen molar-refractivity contribution < 1.29 is 19.1 Å². The van der Waals surface area contributed by atoms with Crippen molar-refractivity contribution >= 4 is 34.1 Å². The Balaban J connectivity index is 1.62. The van der Waals surface area contributed by atoms with Gasteiger partial charge in [0.2, 0.25) is 5.91 Å². The van der Waals surface area contributed by atoms with E-state index in [-0.39, 0.29) is 24.5 Å². The summed E-state index contributed by atoms with van der Waals surface area (Å²) < 4.78 is 5.31. The number of rotatable bonds is 7. The van der Waals surface area contributed by atoms with Gasteiger partial charge in [0.1, 0.15) is 5.00 Å². The van der Waals surface area contributed by atoms with E-state index in [1.807, 2.05) is 31.2 Å². The molecule has 1 atom stereocenters. The maximum Gasteiger partial charge on any atom is 0.341 e. The summed E-state index contributed by atoms with van der Waals surface area (Å²) in [5.74, 6) is -1.16. The Morgan fingerprint density at radius 1 is 1.13 bits per heavy atom. The molecule has 2 aromatic rings. The van der Waals surface area contributed by atoms with E-state index in [0.29, 0.717) is 10.6 Å². The Bertz CT molecular complexity index is 933. The number of hydrogen-bond acceptors (Lipinski definition) is 5. The summed E-state index contributed by atoms with van der Waals surface area (Å²) in [5, 5.41) is 6.12. The minimum Gasteiger partial charge on any atom is -0.452 e. The lowest BCUT2D eigenvalue weighted by atomic mass is 9.95. The fourth-order valence-corrected chi connectivity index (χ4v) is 4.96. The maximum atomic E-state index is 12.8. The van der Waals surface area contributed by atoms with Gasteiger partial charge in [0, 0.05) is 11.8 Å². The van der Waals surface area contributed by atoms with Gasteiger partial charge < -0.3 is 15.4 Å². The quantitative estimate of drug-likeness (QED) is 0.648. The highest BCUT2D eigenvalue weighted by Crippen LogP contribution is 2.38. The summed E-state index contributed by atoms with van der Waals surface area (Å²) in [6.45, 7) is 5.04. The SMILES string of the molecule is CCc1ccc([C@H](C)NC(=O)COC(=O)c2c(NC(C)=O)sc3c2CCCC3)cc1. The lowest BCUT2D eigenvalue weighted by Crippen LogP contribution is -2.31. The predicted octanol–water partition coefficient (Wildman–Crippen LogP) is 4.18. The van der Waals surface area contributed by atoms with Gasteiger partial charge in [0.05, 0.1) is 11.6 Å². The van der Waals surface area contributed by atoms with Crippen LogP contribution in [0.4, 0.5) is 5.00 Å². The van der Waals surface area contributed by atoms with Gasteiger partial charge in [-0.05, 0) is 55.7 Å². The molecule has 0 spiro atoms. The first-order chi connectivity index (χ1) is 14.4. The smallest absolute Gasteiger partial charge is 0.341 e. The molecule has 0 unspecified atom stereocenters.